The van der Waals surface area contributed by atoms with Crippen molar-refractivity contribution in [3.05, 3.63) is 71.0 Å². The van der Waals surface area contributed by atoms with E-state index in [9.17, 15) is 9.18 Å². The Morgan fingerprint density at radius 3 is 2.69 bits per heavy atom. The van der Waals surface area contributed by atoms with Gasteiger partial charge >= 0.3 is 5.97 Å². The van der Waals surface area contributed by atoms with Crippen molar-refractivity contribution < 1.29 is 23.1 Å². The number of carbonyl (C=O) groups excluding carboxylic acids is 1. The highest BCUT2D eigenvalue weighted by atomic mass is 35.5. The van der Waals surface area contributed by atoms with E-state index in [0.717, 1.165) is 5.56 Å². The second-order valence-electron chi connectivity index (χ2n) is 5.43. The first kappa shape index (κ1) is 17.9. The molecule has 0 amide bonds. The minimum Gasteiger partial charge on any atom is -0.494 e. The Hall–Kier alpha value is -2.86. The fourth-order valence-electron chi connectivity index (χ4n) is 2.30. The summed E-state index contributed by atoms with van der Waals surface area (Å²) in [6, 6.07) is 11.4. The van der Waals surface area contributed by atoms with Crippen molar-refractivity contribution in [2.24, 2.45) is 0 Å². The number of aromatic nitrogens is 1. The normalized spacial score (nSPS) is 10.6. The maximum absolute atomic E-state index is 13.6. The molecule has 26 heavy (non-hydrogen) atoms. The molecule has 0 N–H and O–H groups in total. The molecule has 134 valence electrons. The van der Waals surface area contributed by atoms with E-state index in [2.05, 4.69) is 4.98 Å². The Labute approximate surface area is 154 Å². The number of ether oxygens (including phenoxy) is 2. The van der Waals surface area contributed by atoms with E-state index < -0.39 is 11.8 Å². The fourth-order valence-corrected chi connectivity index (χ4v) is 2.43. The zero-order valence-electron chi connectivity index (χ0n) is 13.9. The van der Waals surface area contributed by atoms with Crippen LogP contribution >= 0.6 is 11.6 Å². The van der Waals surface area contributed by atoms with Crippen LogP contribution in [-0.2, 0) is 22.6 Å². The lowest BCUT2D eigenvalue weighted by Gasteiger charge is -2.05. The number of hydrogen-bond donors (Lipinski definition) is 0. The predicted octanol–water partition coefficient (Wildman–Crippen LogP) is 4.43. The Kier molecular flexibility index (Phi) is 5.53. The van der Waals surface area contributed by atoms with Crippen LogP contribution in [0.3, 0.4) is 0 Å². The van der Waals surface area contributed by atoms with Gasteiger partial charge in [-0.05, 0) is 42.0 Å². The lowest BCUT2D eigenvalue weighted by atomic mass is 10.1. The van der Waals surface area contributed by atoms with Gasteiger partial charge in [0, 0.05) is 10.6 Å². The van der Waals surface area contributed by atoms with Gasteiger partial charge in [-0.25, -0.2) is 9.37 Å². The quantitative estimate of drug-likeness (QED) is 0.596. The number of benzene rings is 2. The maximum atomic E-state index is 13.6. The van der Waals surface area contributed by atoms with Crippen molar-refractivity contribution in [2.45, 2.75) is 13.0 Å². The first-order valence-corrected chi connectivity index (χ1v) is 8.11. The molecule has 3 aromatic rings. The minimum absolute atomic E-state index is 0.0638. The van der Waals surface area contributed by atoms with E-state index in [1.807, 2.05) is 0 Å². The van der Waals surface area contributed by atoms with Gasteiger partial charge in [-0.3, -0.25) is 4.79 Å². The lowest BCUT2D eigenvalue weighted by molar-refractivity contribution is -0.144. The third kappa shape index (κ3) is 4.40. The molecule has 0 fully saturated rings. The molecular formula is C19H15ClFNO4. The van der Waals surface area contributed by atoms with Crippen molar-refractivity contribution in [1.82, 2.24) is 4.98 Å². The van der Waals surface area contributed by atoms with Gasteiger partial charge in [0.2, 0.25) is 5.89 Å². The highest BCUT2D eigenvalue weighted by Crippen LogP contribution is 2.23. The monoisotopic (exact) mass is 375 g/mol. The highest BCUT2D eigenvalue weighted by molar-refractivity contribution is 6.30. The van der Waals surface area contributed by atoms with Crippen LogP contribution in [0.15, 0.2) is 53.1 Å². The van der Waals surface area contributed by atoms with Crippen LogP contribution in [0.25, 0.3) is 11.3 Å². The summed E-state index contributed by atoms with van der Waals surface area (Å²) >= 11 is 5.85. The molecule has 0 atom stereocenters. The topological polar surface area (TPSA) is 61.6 Å². The van der Waals surface area contributed by atoms with Crippen molar-refractivity contribution >= 4 is 17.6 Å². The first-order valence-electron chi connectivity index (χ1n) is 7.74. The summed E-state index contributed by atoms with van der Waals surface area (Å²) in [7, 11) is 1.38. The van der Waals surface area contributed by atoms with Crippen LogP contribution in [0, 0.1) is 5.82 Å². The Morgan fingerprint density at radius 2 is 2.00 bits per heavy atom. The molecule has 0 spiro atoms. The van der Waals surface area contributed by atoms with E-state index in [-0.39, 0.29) is 24.7 Å². The van der Waals surface area contributed by atoms with Crippen LogP contribution in [0.4, 0.5) is 4.39 Å². The second-order valence-corrected chi connectivity index (χ2v) is 5.87. The molecular weight excluding hydrogens is 361 g/mol. The Morgan fingerprint density at radius 1 is 1.23 bits per heavy atom. The summed E-state index contributed by atoms with van der Waals surface area (Å²) in [5.74, 6) is -0.107. The van der Waals surface area contributed by atoms with Gasteiger partial charge in [0.1, 0.15) is 0 Å². The Balaban J connectivity index is 1.56. The van der Waals surface area contributed by atoms with E-state index in [0.29, 0.717) is 16.3 Å². The number of hydrogen-bond acceptors (Lipinski definition) is 5. The number of methoxy groups -OCH3 is 1. The molecule has 1 heterocycles. The third-order valence-corrected chi connectivity index (χ3v) is 3.86. The Bertz CT molecular complexity index is 908. The van der Waals surface area contributed by atoms with Crippen molar-refractivity contribution in [3.63, 3.8) is 0 Å². The van der Waals surface area contributed by atoms with Crippen LogP contribution < -0.4 is 4.74 Å². The standard InChI is InChI=1S/C19H15ClFNO4/c1-24-16-7-2-12(8-15(16)21)9-19(23)25-11-18-22-10-17(26-18)13-3-5-14(20)6-4-13/h2-8,10H,9,11H2,1H3. The van der Waals surface area contributed by atoms with Gasteiger partial charge < -0.3 is 13.9 Å². The van der Waals surface area contributed by atoms with E-state index >= 15 is 0 Å². The summed E-state index contributed by atoms with van der Waals surface area (Å²) in [6.07, 6.45) is 1.48. The van der Waals surface area contributed by atoms with Gasteiger partial charge in [0.15, 0.2) is 23.9 Å². The molecule has 0 aliphatic rings. The SMILES string of the molecule is COc1ccc(CC(=O)OCc2ncc(-c3ccc(Cl)cc3)o2)cc1F. The molecule has 7 heteroatoms. The van der Waals surface area contributed by atoms with Crippen LogP contribution in [0.1, 0.15) is 11.5 Å². The van der Waals surface area contributed by atoms with Crippen LogP contribution in [0.2, 0.25) is 5.02 Å². The average Bonchev–Trinajstić information content (AvgIpc) is 3.10. The summed E-state index contributed by atoms with van der Waals surface area (Å²) < 4.78 is 29.1. The molecule has 0 aliphatic heterocycles. The minimum atomic E-state index is -0.530. The summed E-state index contributed by atoms with van der Waals surface area (Å²) in [6.45, 7) is -0.106. The molecule has 2 aromatic carbocycles. The number of oxazole rings is 1. The van der Waals surface area contributed by atoms with E-state index in [1.165, 1.54) is 19.2 Å². The molecule has 0 saturated heterocycles. The molecule has 0 radical (unpaired) electrons. The van der Waals surface area contributed by atoms with E-state index in [4.69, 9.17) is 25.5 Å². The predicted molar refractivity (Wildman–Crippen MR) is 93.4 cm³/mol. The lowest BCUT2D eigenvalue weighted by Crippen LogP contribution is -2.08. The first-order chi connectivity index (χ1) is 12.5. The maximum Gasteiger partial charge on any atom is 0.310 e. The third-order valence-electron chi connectivity index (χ3n) is 3.60. The molecule has 0 saturated carbocycles. The van der Waals surface area contributed by atoms with Gasteiger partial charge in [0.25, 0.3) is 0 Å². The number of carbonyl (C=O) groups is 1. The average molecular weight is 376 g/mol. The summed E-state index contributed by atoms with van der Waals surface area (Å²) in [5.41, 5.74) is 1.30. The molecule has 0 aliphatic carbocycles. The van der Waals surface area contributed by atoms with Gasteiger partial charge in [-0.15, -0.1) is 0 Å². The number of halogens is 2. The summed E-state index contributed by atoms with van der Waals surface area (Å²) in [5, 5.41) is 0.623. The largest absolute Gasteiger partial charge is 0.494 e. The fraction of sp³-hybridized carbons (Fsp3) is 0.158. The molecule has 3 rings (SSSR count). The molecule has 0 bridgehead atoms. The van der Waals surface area contributed by atoms with Gasteiger partial charge in [0.05, 0.1) is 19.7 Å². The zero-order chi connectivity index (χ0) is 18.5. The zero-order valence-corrected chi connectivity index (χ0v) is 14.6. The second kappa shape index (κ2) is 8.01. The van der Waals surface area contributed by atoms with Crippen LogP contribution in [0.5, 0.6) is 5.75 Å². The van der Waals surface area contributed by atoms with E-state index in [1.54, 1.807) is 36.5 Å². The van der Waals surface area contributed by atoms with Crippen molar-refractivity contribution in [2.75, 3.05) is 7.11 Å². The molecule has 0 unspecified atom stereocenters. The highest BCUT2D eigenvalue weighted by Gasteiger charge is 2.12. The molecule has 1 aromatic heterocycles. The number of rotatable bonds is 6. The van der Waals surface area contributed by atoms with Crippen molar-refractivity contribution in [1.29, 1.82) is 0 Å². The van der Waals surface area contributed by atoms with Gasteiger partial charge in [-0.1, -0.05) is 17.7 Å². The number of nitrogens with zero attached hydrogens (tertiary/aromatic N) is 1. The summed E-state index contributed by atoms with van der Waals surface area (Å²) in [4.78, 5) is 16.0. The van der Waals surface area contributed by atoms with Crippen molar-refractivity contribution in [3.8, 4) is 17.1 Å². The van der Waals surface area contributed by atoms with Gasteiger partial charge in [-0.2, -0.15) is 0 Å². The smallest absolute Gasteiger partial charge is 0.310 e. The number of esters is 1. The van der Waals surface area contributed by atoms with Crippen LogP contribution in [-0.4, -0.2) is 18.1 Å². The molecule has 5 nitrogen and oxygen atoms in total.